The molecule has 21 heavy (non-hydrogen) atoms. The fourth-order valence-corrected chi connectivity index (χ4v) is 4.20. The van der Waals surface area contributed by atoms with Crippen LogP contribution in [-0.2, 0) is 0 Å². The van der Waals surface area contributed by atoms with Crippen LogP contribution in [0.25, 0.3) is 0 Å². The highest BCUT2D eigenvalue weighted by Crippen LogP contribution is 2.34. The number of benzene rings is 1. The number of piperidine rings is 1. The lowest BCUT2D eigenvalue weighted by molar-refractivity contribution is 0.0702. The minimum Gasteiger partial charge on any atom is -0.508 e. The average molecular weight is 288 g/mol. The highest BCUT2D eigenvalue weighted by atomic mass is 16.3. The fourth-order valence-electron chi connectivity index (χ4n) is 4.20. The molecular formula is C18H28N2O. The van der Waals surface area contributed by atoms with Crippen molar-refractivity contribution in [2.24, 2.45) is 0 Å². The number of nitrogens with zero attached hydrogens (tertiary/aromatic N) is 1. The Hall–Kier alpha value is -1.06. The molecule has 2 N–H and O–H groups in total. The van der Waals surface area contributed by atoms with Gasteiger partial charge in [-0.1, -0.05) is 25.5 Å². The van der Waals surface area contributed by atoms with E-state index in [1.54, 1.807) is 0 Å². The standard InChI is InChI=1S/C18H28N2O/c1-2-17(14-8-10-15(21)11-9-14)20-13-4-3-7-18(20)16-6-5-12-19-16/h8-11,16-19,21H,2-7,12-13H2,1H3. The van der Waals surface area contributed by atoms with Crippen molar-refractivity contribution in [3.63, 3.8) is 0 Å². The van der Waals surface area contributed by atoms with Crippen LogP contribution in [0, 0.1) is 0 Å². The van der Waals surface area contributed by atoms with E-state index in [-0.39, 0.29) is 0 Å². The van der Waals surface area contributed by atoms with Crippen LogP contribution in [0.4, 0.5) is 0 Å². The number of hydrogen-bond acceptors (Lipinski definition) is 3. The van der Waals surface area contributed by atoms with Crippen molar-refractivity contribution < 1.29 is 5.11 Å². The highest BCUT2D eigenvalue weighted by molar-refractivity contribution is 5.28. The van der Waals surface area contributed by atoms with Crippen molar-refractivity contribution in [3.05, 3.63) is 29.8 Å². The van der Waals surface area contributed by atoms with Crippen LogP contribution in [0.15, 0.2) is 24.3 Å². The van der Waals surface area contributed by atoms with Gasteiger partial charge in [-0.3, -0.25) is 4.90 Å². The third kappa shape index (κ3) is 3.24. The van der Waals surface area contributed by atoms with Crippen molar-refractivity contribution in [2.75, 3.05) is 13.1 Å². The molecule has 3 heteroatoms. The number of phenolic OH excluding ortho intramolecular Hbond substituents is 1. The van der Waals surface area contributed by atoms with Crippen LogP contribution in [0.3, 0.4) is 0 Å². The van der Waals surface area contributed by atoms with E-state index in [2.05, 4.69) is 29.3 Å². The molecule has 0 aliphatic carbocycles. The largest absolute Gasteiger partial charge is 0.508 e. The van der Waals surface area contributed by atoms with Crippen molar-refractivity contribution >= 4 is 0 Å². The van der Waals surface area contributed by atoms with Gasteiger partial charge in [-0.25, -0.2) is 0 Å². The Labute approximate surface area is 128 Å². The summed E-state index contributed by atoms with van der Waals surface area (Å²) < 4.78 is 0. The van der Waals surface area contributed by atoms with Gasteiger partial charge in [0, 0.05) is 18.1 Å². The molecule has 3 atom stereocenters. The maximum absolute atomic E-state index is 9.52. The van der Waals surface area contributed by atoms with Crippen molar-refractivity contribution in [1.29, 1.82) is 0 Å². The molecule has 3 unspecified atom stereocenters. The predicted octanol–water partition coefficient (Wildman–Crippen LogP) is 3.45. The maximum atomic E-state index is 9.52. The minimum absolute atomic E-state index is 0.362. The molecule has 0 spiro atoms. The molecule has 0 radical (unpaired) electrons. The van der Waals surface area contributed by atoms with Crippen LogP contribution in [0.1, 0.15) is 57.1 Å². The molecule has 2 aliphatic rings. The number of aromatic hydroxyl groups is 1. The Bertz CT molecular complexity index is 439. The molecule has 0 amide bonds. The Kier molecular flexibility index (Phi) is 4.81. The van der Waals surface area contributed by atoms with Crippen LogP contribution < -0.4 is 5.32 Å². The SMILES string of the molecule is CCC(c1ccc(O)cc1)N1CCCCC1C1CCCN1. The molecule has 116 valence electrons. The molecule has 2 fully saturated rings. The first-order chi connectivity index (χ1) is 10.3. The van der Waals surface area contributed by atoms with E-state index >= 15 is 0 Å². The van der Waals surface area contributed by atoms with E-state index in [4.69, 9.17) is 0 Å². The van der Waals surface area contributed by atoms with Gasteiger partial charge in [0.05, 0.1) is 0 Å². The summed E-state index contributed by atoms with van der Waals surface area (Å²) in [6.07, 6.45) is 7.79. The zero-order chi connectivity index (χ0) is 14.7. The zero-order valence-electron chi connectivity index (χ0n) is 13.1. The summed E-state index contributed by atoms with van der Waals surface area (Å²) in [5, 5.41) is 13.2. The smallest absolute Gasteiger partial charge is 0.115 e. The van der Waals surface area contributed by atoms with Gasteiger partial charge in [-0.15, -0.1) is 0 Å². The molecular weight excluding hydrogens is 260 g/mol. The van der Waals surface area contributed by atoms with E-state index in [1.807, 2.05) is 12.1 Å². The molecule has 1 aromatic rings. The minimum atomic E-state index is 0.362. The molecule has 0 aromatic heterocycles. The Balaban J connectivity index is 1.80. The first-order valence-corrected chi connectivity index (χ1v) is 8.57. The van der Waals surface area contributed by atoms with E-state index in [9.17, 15) is 5.11 Å². The third-order valence-electron chi connectivity index (χ3n) is 5.22. The van der Waals surface area contributed by atoms with Gasteiger partial charge in [0.15, 0.2) is 0 Å². The van der Waals surface area contributed by atoms with Crippen LogP contribution >= 0.6 is 0 Å². The molecule has 2 saturated heterocycles. The van der Waals surface area contributed by atoms with Gasteiger partial charge in [0.1, 0.15) is 5.75 Å². The summed E-state index contributed by atoms with van der Waals surface area (Å²) >= 11 is 0. The average Bonchev–Trinajstić information content (AvgIpc) is 3.05. The summed E-state index contributed by atoms with van der Waals surface area (Å²) in [5.74, 6) is 0.362. The Morgan fingerprint density at radius 3 is 2.67 bits per heavy atom. The Morgan fingerprint density at radius 1 is 1.19 bits per heavy atom. The Morgan fingerprint density at radius 2 is 2.00 bits per heavy atom. The number of nitrogens with one attached hydrogen (secondary N) is 1. The molecule has 0 saturated carbocycles. The first kappa shape index (κ1) is 14.9. The molecule has 3 rings (SSSR count). The summed E-state index contributed by atoms with van der Waals surface area (Å²) in [6, 6.07) is 9.68. The van der Waals surface area contributed by atoms with Crippen LogP contribution in [0.5, 0.6) is 5.75 Å². The zero-order valence-corrected chi connectivity index (χ0v) is 13.1. The second kappa shape index (κ2) is 6.80. The number of likely N-dealkylation sites (tertiary alicyclic amines) is 1. The van der Waals surface area contributed by atoms with Gasteiger partial charge in [0.2, 0.25) is 0 Å². The monoisotopic (exact) mass is 288 g/mol. The highest BCUT2D eigenvalue weighted by Gasteiger charge is 2.35. The van der Waals surface area contributed by atoms with E-state index in [1.165, 1.54) is 50.8 Å². The predicted molar refractivity (Wildman–Crippen MR) is 86.5 cm³/mol. The normalized spacial score (nSPS) is 28.6. The summed E-state index contributed by atoms with van der Waals surface area (Å²) in [5.41, 5.74) is 1.35. The second-order valence-electron chi connectivity index (χ2n) is 6.52. The fraction of sp³-hybridized carbons (Fsp3) is 0.667. The maximum Gasteiger partial charge on any atom is 0.115 e. The lowest BCUT2D eigenvalue weighted by Gasteiger charge is -2.44. The van der Waals surface area contributed by atoms with E-state index < -0.39 is 0 Å². The van der Waals surface area contributed by atoms with Gasteiger partial charge in [-0.05, 0) is 62.9 Å². The molecule has 1 aromatic carbocycles. The van der Waals surface area contributed by atoms with Gasteiger partial charge < -0.3 is 10.4 Å². The molecule has 3 nitrogen and oxygen atoms in total. The lowest BCUT2D eigenvalue weighted by atomic mass is 9.90. The van der Waals surface area contributed by atoms with Crippen LogP contribution in [-0.4, -0.2) is 35.2 Å². The van der Waals surface area contributed by atoms with E-state index in [0.717, 1.165) is 6.42 Å². The van der Waals surface area contributed by atoms with E-state index in [0.29, 0.717) is 23.9 Å². The van der Waals surface area contributed by atoms with Gasteiger partial charge in [0.25, 0.3) is 0 Å². The summed E-state index contributed by atoms with van der Waals surface area (Å²) in [6.45, 7) is 4.68. The second-order valence-corrected chi connectivity index (χ2v) is 6.52. The topological polar surface area (TPSA) is 35.5 Å². The summed E-state index contributed by atoms with van der Waals surface area (Å²) in [4.78, 5) is 2.73. The lowest BCUT2D eigenvalue weighted by Crippen LogP contribution is -2.51. The number of phenols is 1. The molecule has 2 aliphatic heterocycles. The van der Waals surface area contributed by atoms with Crippen molar-refractivity contribution in [1.82, 2.24) is 10.2 Å². The quantitative estimate of drug-likeness (QED) is 0.891. The van der Waals surface area contributed by atoms with Crippen molar-refractivity contribution in [2.45, 2.75) is 63.6 Å². The summed E-state index contributed by atoms with van der Waals surface area (Å²) in [7, 11) is 0. The van der Waals surface area contributed by atoms with Crippen LogP contribution in [0.2, 0.25) is 0 Å². The number of rotatable bonds is 4. The van der Waals surface area contributed by atoms with Gasteiger partial charge >= 0.3 is 0 Å². The molecule has 2 heterocycles. The first-order valence-electron chi connectivity index (χ1n) is 8.57. The molecule has 0 bridgehead atoms. The third-order valence-corrected chi connectivity index (χ3v) is 5.22. The van der Waals surface area contributed by atoms with Crippen molar-refractivity contribution in [3.8, 4) is 5.75 Å². The number of hydrogen-bond donors (Lipinski definition) is 2. The van der Waals surface area contributed by atoms with Gasteiger partial charge in [-0.2, -0.15) is 0 Å².